The topological polar surface area (TPSA) is 74.6 Å². The average Bonchev–Trinajstić information content (AvgIpc) is 0.722. The van der Waals surface area contributed by atoms with Crippen LogP contribution in [0.3, 0.4) is 0 Å². The number of hydrogen-bond acceptors (Lipinski definition) is 2. The van der Waals surface area contributed by atoms with Crippen molar-refractivity contribution in [3.05, 3.63) is 0 Å². The minimum absolute atomic E-state index is 0. The quantitative estimate of drug-likeness (QED) is 0.424. The van der Waals surface area contributed by atoms with Gasteiger partial charge in [-0.25, -0.2) is 0 Å². The number of halogens is 1. The third kappa shape index (κ3) is 83.0. The van der Waals surface area contributed by atoms with Crippen LogP contribution in [-0.4, -0.2) is 68.9 Å². The first-order valence-corrected chi connectivity index (χ1v) is 2.10. The second-order valence-corrected chi connectivity index (χ2v) is 1.34. The van der Waals surface area contributed by atoms with Crippen molar-refractivity contribution in [2.75, 3.05) is 0 Å². The van der Waals surface area contributed by atoms with E-state index in [4.69, 9.17) is 17.5 Å². The molecule has 0 aliphatic heterocycles. The first kappa shape index (κ1) is 22.4. The molecule has 0 aliphatic rings. The molecule has 0 heterocycles. The van der Waals surface area contributed by atoms with Crippen molar-refractivity contribution < 1.29 is 34.6 Å². The van der Waals surface area contributed by atoms with Gasteiger partial charge in [0.25, 0.3) is 0 Å². The average molecular weight is 238 g/mol. The SMILES string of the molecule is Cl.O=S(=O)(O)O.[Cu].[KH]. The molecule has 0 unspecified atom stereocenters. The molecule has 53 valence electrons. The maximum absolute atomic E-state index is 8.74. The summed E-state index contributed by atoms with van der Waals surface area (Å²) in [6, 6.07) is 0. The van der Waals surface area contributed by atoms with Crippen molar-refractivity contribution in [2.45, 2.75) is 0 Å². The van der Waals surface area contributed by atoms with Crippen LogP contribution in [0.2, 0.25) is 0 Å². The second-order valence-electron chi connectivity index (χ2n) is 0.448. The normalized spacial score (nSPS) is 7.25. The molecule has 0 spiro atoms. The Morgan fingerprint density at radius 3 is 1.12 bits per heavy atom. The van der Waals surface area contributed by atoms with Gasteiger partial charge in [0.05, 0.1) is 0 Å². The third-order valence-electron chi connectivity index (χ3n) is 0. The van der Waals surface area contributed by atoms with E-state index in [2.05, 4.69) is 0 Å². The van der Waals surface area contributed by atoms with Gasteiger partial charge in [-0.3, -0.25) is 9.11 Å². The summed E-state index contributed by atoms with van der Waals surface area (Å²) in [5.74, 6) is 0. The maximum atomic E-state index is 8.74. The Bertz CT molecular complexity index is 99.2. The summed E-state index contributed by atoms with van der Waals surface area (Å²) >= 11 is 0. The molecule has 0 atom stereocenters. The van der Waals surface area contributed by atoms with Crippen molar-refractivity contribution in [1.82, 2.24) is 0 Å². The fraction of sp³-hybridized carbons (Fsp3) is 0. The van der Waals surface area contributed by atoms with Crippen LogP contribution in [0.15, 0.2) is 0 Å². The van der Waals surface area contributed by atoms with Gasteiger partial charge >= 0.3 is 61.8 Å². The standard InChI is InChI=1S/ClH.Cu.K.H2O4S.H/c;;;1-5(2,3)4;/h1H;;;(H2,1,2,3,4);. The molecule has 0 rings (SSSR count). The molecule has 8 heavy (non-hydrogen) atoms. The van der Waals surface area contributed by atoms with Crippen molar-refractivity contribution in [3.63, 3.8) is 0 Å². The predicted molar refractivity (Wildman–Crippen MR) is 28.6 cm³/mol. The zero-order valence-electron chi connectivity index (χ0n) is 2.83. The van der Waals surface area contributed by atoms with E-state index in [1.807, 2.05) is 0 Å². The van der Waals surface area contributed by atoms with E-state index in [0.717, 1.165) is 0 Å². The van der Waals surface area contributed by atoms with Crippen LogP contribution in [0, 0.1) is 0 Å². The molecule has 8 heteroatoms. The van der Waals surface area contributed by atoms with Crippen LogP contribution >= 0.6 is 12.4 Å². The summed E-state index contributed by atoms with van der Waals surface area (Å²) in [7, 11) is -4.67. The molecule has 4 nitrogen and oxygen atoms in total. The van der Waals surface area contributed by atoms with Gasteiger partial charge in [-0.2, -0.15) is 8.42 Å². The molecule has 0 saturated heterocycles. The molecule has 0 fully saturated rings. The molecule has 1 radical (unpaired) electrons. The summed E-state index contributed by atoms with van der Waals surface area (Å²) < 4.78 is 31.6. The Morgan fingerprint density at radius 2 is 1.12 bits per heavy atom. The van der Waals surface area contributed by atoms with E-state index in [0.29, 0.717) is 0 Å². The first-order valence-electron chi connectivity index (χ1n) is 0.698. The number of rotatable bonds is 0. The van der Waals surface area contributed by atoms with Crippen LogP contribution < -0.4 is 0 Å². The molecule has 0 aromatic heterocycles. The third-order valence-corrected chi connectivity index (χ3v) is 0. The van der Waals surface area contributed by atoms with E-state index in [1.165, 1.54) is 0 Å². The summed E-state index contributed by atoms with van der Waals surface area (Å²) in [6.07, 6.45) is 0. The molecule has 0 bridgehead atoms. The molecule has 0 aromatic rings. The van der Waals surface area contributed by atoms with Gasteiger partial charge in [0.2, 0.25) is 0 Å². The zero-order valence-corrected chi connectivity index (χ0v) is 5.40. The van der Waals surface area contributed by atoms with Crippen LogP contribution in [0.25, 0.3) is 0 Å². The van der Waals surface area contributed by atoms with Gasteiger partial charge in [0.1, 0.15) is 0 Å². The molecular weight excluding hydrogens is 234 g/mol. The molecule has 0 amide bonds. The molecule has 0 saturated carbocycles. The van der Waals surface area contributed by atoms with Crippen LogP contribution in [0.4, 0.5) is 0 Å². The van der Waals surface area contributed by atoms with E-state index in [9.17, 15) is 0 Å². The number of hydrogen-bond donors (Lipinski definition) is 2. The molecule has 0 aliphatic carbocycles. The van der Waals surface area contributed by atoms with Crippen molar-refractivity contribution in [2.24, 2.45) is 0 Å². The Morgan fingerprint density at radius 1 is 1.12 bits per heavy atom. The molecule has 2 N–H and O–H groups in total. The van der Waals surface area contributed by atoms with Gasteiger partial charge in [-0.1, -0.05) is 0 Å². The van der Waals surface area contributed by atoms with Crippen LogP contribution in [0.5, 0.6) is 0 Å². The van der Waals surface area contributed by atoms with Crippen molar-refractivity contribution >= 4 is 74.2 Å². The van der Waals surface area contributed by atoms with Crippen molar-refractivity contribution in [1.29, 1.82) is 0 Å². The Kier molecular flexibility index (Phi) is 26.1. The fourth-order valence-electron chi connectivity index (χ4n) is 0. The Hall–Kier alpha value is 2.32. The van der Waals surface area contributed by atoms with Gasteiger partial charge in [-0.05, 0) is 0 Å². The zero-order chi connectivity index (χ0) is 4.50. The van der Waals surface area contributed by atoms with E-state index in [-0.39, 0.29) is 80.9 Å². The fourth-order valence-corrected chi connectivity index (χ4v) is 0. The van der Waals surface area contributed by atoms with Gasteiger partial charge in [0.15, 0.2) is 0 Å². The van der Waals surface area contributed by atoms with Crippen molar-refractivity contribution in [3.8, 4) is 0 Å². The summed E-state index contributed by atoms with van der Waals surface area (Å²) in [5.41, 5.74) is 0. The van der Waals surface area contributed by atoms with Crippen LogP contribution in [0.1, 0.15) is 0 Å². The Balaban J connectivity index is -0.0000000267. The van der Waals surface area contributed by atoms with E-state index in [1.54, 1.807) is 0 Å². The molecule has 0 aromatic carbocycles. The monoisotopic (exact) mass is 237 g/mol. The predicted octanol–water partition coefficient (Wildman–Crippen LogP) is -0.882. The summed E-state index contributed by atoms with van der Waals surface area (Å²) in [4.78, 5) is 0. The van der Waals surface area contributed by atoms with Crippen LogP contribution in [-0.2, 0) is 27.5 Å². The van der Waals surface area contributed by atoms with Gasteiger partial charge in [0, 0.05) is 17.1 Å². The Labute approximate surface area is 107 Å². The summed E-state index contributed by atoms with van der Waals surface area (Å²) in [6.45, 7) is 0. The minimum atomic E-state index is -4.67. The second kappa shape index (κ2) is 9.32. The summed E-state index contributed by atoms with van der Waals surface area (Å²) in [5, 5.41) is 0. The van der Waals surface area contributed by atoms with E-state index < -0.39 is 10.4 Å². The molecular formula is H4ClCuKO4S. The first-order chi connectivity index (χ1) is 2.00. The van der Waals surface area contributed by atoms with Gasteiger partial charge in [-0.15, -0.1) is 12.4 Å². The van der Waals surface area contributed by atoms with Gasteiger partial charge < -0.3 is 0 Å². The van der Waals surface area contributed by atoms with E-state index >= 15 is 0 Å².